The Labute approximate surface area is 115 Å². The average Bonchev–Trinajstić information content (AvgIpc) is 2.53. The van der Waals surface area contributed by atoms with Gasteiger partial charge in [-0.15, -0.1) is 0 Å². The molecule has 1 atom stereocenters. The Morgan fingerprint density at radius 3 is 2.47 bits per heavy atom. The van der Waals surface area contributed by atoms with Gasteiger partial charge in [0.25, 0.3) is 0 Å². The van der Waals surface area contributed by atoms with Gasteiger partial charge in [-0.1, -0.05) is 25.7 Å². The Kier molecular flexibility index (Phi) is 6.26. The van der Waals surface area contributed by atoms with Crippen molar-refractivity contribution in [1.82, 2.24) is 10.2 Å². The standard InChI is InChI=1S/C14H25N3O2/c1-12(18)9-17(2)10-13(19)16-14(11-15)7-5-3-4-6-8-14/h12,18H,3-10H2,1-2H3,(H,16,19). The molecule has 0 aliphatic heterocycles. The Bertz CT molecular complexity index is 328. The van der Waals surface area contributed by atoms with E-state index in [1.807, 2.05) is 0 Å². The van der Waals surface area contributed by atoms with E-state index in [-0.39, 0.29) is 12.5 Å². The number of hydrogen-bond acceptors (Lipinski definition) is 4. The van der Waals surface area contributed by atoms with Gasteiger partial charge in [-0.25, -0.2) is 0 Å². The van der Waals surface area contributed by atoms with E-state index in [9.17, 15) is 15.2 Å². The maximum absolute atomic E-state index is 12.0. The lowest BCUT2D eigenvalue weighted by atomic mass is 9.92. The molecule has 0 aromatic heterocycles. The van der Waals surface area contributed by atoms with Gasteiger partial charge >= 0.3 is 0 Å². The van der Waals surface area contributed by atoms with Crippen LogP contribution in [0, 0.1) is 11.3 Å². The predicted molar refractivity (Wildman–Crippen MR) is 73.4 cm³/mol. The topological polar surface area (TPSA) is 76.4 Å². The smallest absolute Gasteiger partial charge is 0.235 e. The molecule has 0 heterocycles. The van der Waals surface area contributed by atoms with Gasteiger partial charge in [0, 0.05) is 6.54 Å². The van der Waals surface area contributed by atoms with Gasteiger partial charge in [0.1, 0.15) is 5.54 Å². The van der Waals surface area contributed by atoms with Crippen molar-refractivity contribution in [2.45, 2.75) is 57.1 Å². The monoisotopic (exact) mass is 267 g/mol. The van der Waals surface area contributed by atoms with E-state index < -0.39 is 11.6 Å². The highest BCUT2D eigenvalue weighted by Crippen LogP contribution is 2.26. The van der Waals surface area contributed by atoms with Crippen LogP contribution in [0.1, 0.15) is 45.4 Å². The van der Waals surface area contributed by atoms with Crippen LogP contribution in [0.4, 0.5) is 0 Å². The minimum atomic E-state index is -0.681. The minimum absolute atomic E-state index is 0.133. The number of carbonyl (C=O) groups is 1. The average molecular weight is 267 g/mol. The van der Waals surface area contributed by atoms with Gasteiger partial charge in [0.15, 0.2) is 0 Å². The zero-order valence-electron chi connectivity index (χ0n) is 12.0. The molecule has 0 saturated heterocycles. The van der Waals surface area contributed by atoms with E-state index in [1.54, 1.807) is 18.9 Å². The number of hydrogen-bond donors (Lipinski definition) is 2. The number of carbonyl (C=O) groups excluding carboxylic acids is 1. The molecular formula is C14H25N3O2. The fourth-order valence-corrected chi connectivity index (χ4v) is 2.66. The second kappa shape index (κ2) is 7.46. The highest BCUT2D eigenvalue weighted by Gasteiger charge is 2.32. The van der Waals surface area contributed by atoms with E-state index in [4.69, 9.17) is 0 Å². The second-order valence-corrected chi connectivity index (χ2v) is 5.70. The number of nitrogens with one attached hydrogen (secondary N) is 1. The summed E-state index contributed by atoms with van der Waals surface area (Å²) in [5.74, 6) is -0.133. The molecule has 5 nitrogen and oxygen atoms in total. The number of nitrogens with zero attached hydrogens (tertiary/aromatic N) is 2. The fraction of sp³-hybridized carbons (Fsp3) is 0.857. The highest BCUT2D eigenvalue weighted by atomic mass is 16.3. The largest absolute Gasteiger partial charge is 0.392 e. The molecule has 0 bridgehead atoms. The van der Waals surface area contributed by atoms with Crippen molar-refractivity contribution in [3.05, 3.63) is 0 Å². The molecule has 0 spiro atoms. The lowest BCUT2D eigenvalue weighted by Crippen LogP contribution is -2.50. The molecule has 1 saturated carbocycles. The van der Waals surface area contributed by atoms with Crippen LogP contribution in [0.5, 0.6) is 0 Å². The number of nitriles is 1. The molecule has 1 unspecified atom stereocenters. The molecule has 2 N–H and O–H groups in total. The van der Waals surface area contributed by atoms with E-state index in [1.165, 1.54) is 0 Å². The molecule has 1 rings (SSSR count). The minimum Gasteiger partial charge on any atom is -0.392 e. The molecule has 1 fully saturated rings. The molecule has 1 aliphatic rings. The number of aliphatic hydroxyl groups excluding tert-OH is 1. The number of amides is 1. The van der Waals surface area contributed by atoms with Crippen LogP contribution in [-0.4, -0.2) is 47.7 Å². The Balaban J connectivity index is 2.51. The number of rotatable bonds is 5. The van der Waals surface area contributed by atoms with Crippen LogP contribution in [-0.2, 0) is 4.79 Å². The SMILES string of the molecule is CC(O)CN(C)CC(=O)NC1(C#N)CCCCCC1. The Hall–Kier alpha value is -1.12. The van der Waals surface area contributed by atoms with E-state index in [0.29, 0.717) is 6.54 Å². The molecule has 0 aromatic rings. The van der Waals surface area contributed by atoms with Crippen molar-refractivity contribution in [2.75, 3.05) is 20.1 Å². The van der Waals surface area contributed by atoms with E-state index in [0.717, 1.165) is 38.5 Å². The van der Waals surface area contributed by atoms with Gasteiger partial charge in [-0.2, -0.15) is 5.26 Å². The molecule has 0 radical (unpaired) electrons. The first-order valence-corrected chi connectivity index (χ1v) is 7.06. The van der Waals surface area contributed by atoms with Crippen LogP contribution < -0.4 is 5.32 Å². The highest BCUT2D eigenvalue weighted by molar-refractivity contribution is 5.79. The van der Waals surface area contributed by atoms with E-state index >= 15 is 0 Å². The van der Waals surface area contributed by atoms with Crippen molar-refractivity contribution >= 4 is 5.91 Å². The quantitative estimate of drug-likeness (QED) is 0.730. The third-order valence-corrected chi connectivity index (χ3v) is 3.54. The first-order valence-electron chi connectivity index (χ1n) is 7.06. The zero-order chi connectivity index (χ0) is 14.3. The molecule has 1 aliphatic carbocycles. The Morgan fingerprint density at radius 2 is 2.00 bits per heavy atom. The Morgan fingerprint density at radius 1 is 1.42 bits per heavy atom. The summed E-state index contributed by atoms with van der Waals surface area (Å²) in [5.41, 5.74) is -0.681. The van der Waals surface area contributed by atoms with Crippen molar-refractivity contribution in [3.63, 3.8) is 0 Å². The van der Waals surface area contributed by atoms with Crippen LogP contribution in [0.2, 0.25) is 0 Å². The summed E-state index contributed by atoms with van der Waals surface area (Å²) < 4.78 is 0. The van der Waals surface area contributed by atoms with Crippen LogP contribution >= 0.6 is 0 Å². The molecule has 19 heavy (non-hydrogen) atoms. The zero-order valence-corrected chi connectivity index (χ0v) is 12.0. The lowest BCUT2D eigenvalue weighted by Gasteiger charge is -2.27. The molecular weight excluding hydrogens is 242 g/mol. The number of aliphatic hydroxyl groups is 1. The summed E-state index contributed by atoms with van der Waals surface area (Å²) in [4.78, 5) is 13.8. The van der Waals surface area contributed by atoms with Crippen molar-refractivity contribution < 1.29 is 9.90 Å². The van der Waals surface area contributed by atoms with Crippen molar-refractivity contribution in [1.29, 1.82) is 5.26 Å². The molecule has 5 heteroatoms. The summed E-state index contributed by atoms with van der Waals surface area (Å²) in [6.45, 7) is 2.36. The summed E-state index contributed by atoms with van der Waals surface area (Å²) in [6.07, 6.45) is 5.31. The fourth-order valence-electron chi connectivity index (χ4n) is 2.66. The van der Waals surface area contributed by atoms with Gasteiger partial charge in [-0.3, -0.25) is 9.69 Å². The van der Waals surface area contributed by atoms with Crippen LogP contribution in [0.3, 0.4) is 0 Å². The third kappa shape index (κ3) is 5.58. The molecule has 108 valence electrons. The first-order chi connectivity index (χ1) is 8.97. The van der Waals surface area contributed by atoms with Gasteiger partial charge < -0.3 is 10.4 Å². The summed E-state index contributed by atoms with van der Waals surface area (Å²) in [7, 11) is 1.79. The summed E-state index contributed by atoms with van der Waals surface area (Å²) in [5, 5.41) is 21.5. The predicted octanol–water partition coefficient (Wildman–Crippen LogP) is 1.03. The van der Waals surface area contributed by atoms with E-state index in [2.05, 4.69) is 11.4 Å². The maximum atomic E-state index is 12.0. The second-order valence-electron chi connectivity index (χ2n) is 5.70. The lowest BCUT2D eigenvalue weighted by molar-refractivity contribution is -0.123. The number of likely N-dealkylation sites (N-methyl/N-ethyl adjacent to an activating group) is 1. The van der Waals surface area contributed by atoms with Gasteiger partial charge in [-0.05, 0) is 26.8 Å². The third-order valence-electron chi connectivity index (χ3n) is 3.54. The van der Waals surface area contributed by atoms with Gasteiger partial charge in [0.05, 0.1) is 18.7 Å². The summed E-state index contributed by atoms with van der Waals surface area (Å²) in [6, 6.07) is 2.30. The normalized spacial score (nSPS) is 20.4. The summed E-state index contributed by atoms with van der Waals surface area (Å²) >= 11 is 0. The van der Waals surface area contributed by atoms with Gasteiger partial charge in [0.2, 0.25) is 5.91 Å². The van der Waals surface area contributed by atoms with Crippen LogP contribution in [0.25, 0.3) is 0 Å². The molecule has 1 amide bonds. The van der Waals surface area contributed by atoms with Crippen molar-refractivity contribution in [3.8, 4) is 6.07 Å². The molecule has 0 aromatic carbocycles. The van der Waals surface area contributed by atoms with Crippen LogP contribution in [0.15, 0.2) is 0 Å². The first kappa shape index (κ1) is 15.9. The van der Waals surface area contributed by atoms with Crippen molar-refractivity contribution in [2.24, 2.45) is 0 Å². The maximum Gasteiger partial charge on any atom is 0.235 e.